The fourth-order valence-electron chi connectivity index (χ4n) is 4.98. The van der Waals surface area contributed by atoms with Crippen LogP contribution in [0.1, 0.15) is 46.8 Å². The van der Waals surface area contributed by atoms with Crippen molar-refractivity contribution in [2.24, 2.45) is 11.0 Å². The molecule has 37 heavy (non-hydrogen) atoms. The van der Waals surface area contributed by atoms with Gasteiger partial charge in [-0.1, -0.05) is 40.2 Å². The van der Waals surface area contributed by atoms with Gasteiger partial charge >= 0.3 is 0 Å². The van der Waals surface area contributed by atoms with Crippen LogP contribution < -0.4 is 0 Å². The molecule has 10 heteroatoms. The molecule has 0 saturated heterocycles. The largest absolute Gasteiger partial charge is 0.274 e. The van der Waals surface area contributed by atoms with E-state index < -0.39 is 15.9 Å². The van der Waals surface area contributed by atoms with Crippen molar-refractivity contribution in [3.8, 4) is 0 Å². The predicted octanol–water partition coefficient (Wildman–Crippen LogP) is 6.70. The highest BCUT2D eigenvalue weighted by molar-refractivity contribution is 9.10. The van der Waals surface area contributed by atoms with Crippen LogP contribution in [0.2, 0.25) is 0 Å². The molecule has 9 nitrogen and oxygen atoms in total. The molecule has 0 bridgehead atoms. The zero-order valence-electron chi connectivity index (χ0n) is 19.5. The van der Waals surface area contributed by atoms with E-state index in [1.165, 1.54) is 29.3 Å². The summed E-state index contributed by atoms with van der Waals surface area (Å²) in [6.45, 7) is 0. The van der Waals surface area contributed by atoms with Crippen molar-refractivity contribution in [2.45, 2.75) is 25.3 Å². The maximum atomic E-state index is 13.7. The van der Waals surface area contributed by atoms with E-state index in [1.807, 2.05) is 6.08 Å². The summed E-state index contributed by atoms with van der Waals surface area (Å²) in [4.78, 5) is 35.5. The standard InChI is InChI=1S/C27H21BrN4O5/c28-21-12-10-18(11-13-21)27(33)30-26(20-6-2-8-23(16-20)32(36)37)24-9-3-5-19(25(24)29-30)14-17-4-1-7-22(15-17)31(34)35/h1-2,4,6-8,10-16,24,26H,3,5,9H2/b19-14+/t24-,26+/m0/s1. The lowest BCUT2D eigenvalue weighted by molar-refractivity contribution is -0.385. The second kappa shape index (κ2) is 10.1. The van der Waals surface area contributed by atoms with Crippen molar-refractivity contribution in [2.75, 3.05) is 0 Å². The SMILES string of the molecule is O=C(c1ccc(Br)cc1)N1N=C2/C(=C/c3cccc([N+](=O)[O-])c3)CCC[C@@H]2[C@H]1c1cccc([N+](=O)[O-])c1. The number of hydrogen-bond donors (Lipinski definition) is 0. The maximum Gasteiger partial charge on any atom is 0.274 e. The molecule has 1 amide bonds. The van der Waals surface area contributed by atoms with Gasteiger partial charge in [0.15, 0.2) is 0 Å². The molecule has 1 fully saturated rings. The summed E-state index contributed by atoms with van der Waals surface area (Å²) in [5, 5.41) is 29.0. The third-order valence-corrected chi connectivity index (χ3v) is 7.17. The molecule has 3 aromatic rings. The maximum absolute atomic E-state index is 13.7. The summed E-state index contributed by atoms with van der Waals surface area (Å²) in [6, 6.07) is 19.2. The van der Waals surface area contributed by atoms with Crippen LogP contribution in [0.3, 0.4) is 0 Å². The summed E-state index contributed by atoms with van der Waals surface area (Å²) in [6.07, 6.45) is 4.18. The van der Waals surface area contributed by atoms with Crippen molar-refractivity contribution in [3.05, 3.63) is 120 Å². The Labute approximate surface area is 220 Å². The Balaban J connectivity index is 1.59. The fraction of sp³-hybridized carbons (Fsp3) is 0.185. The third kappa shape index (κ3) is 4.92. The van der Waals surface area contributed by atoms with Gasteiger partial charge in [0, 0.05) is 40.2 Å². The highest BCUT2D eigenvalue weighted by Crippen LogP contribution is 2.45. The Morgan fingerprint density at radius 3 is 2.35 bits per heavy atom. The zero-order valence-corrected chi connectivity index (χ0v) is 21.1. The van der Waals surface area contributed by atoms with Crippen molar-refractivity contribution < 1.29 is 14.6 Å². The molecule has 186 valence electrons. The van der Waals surface area contributed by atoms with E-state index in [1.54, 1.807) is 48.5 Å². The monoisotopic (exact) mass is 560 g/mol. The van der Waals surface area contributed by atoms with Crippen LogP contribution in [0.5, 0.6) is 0 Å². The number of non-ortho nitro benzene ring substituents is 2. The van der Waals surface area contributed by atoms with Gasteiger partial charge in [0.2, 0.25) is 0 Å². The van der Waals surface area contributed by atoms with E-state index in [4.69, 9.17) is 5.10 Å². The molecule has 1 aliphatic heterocycles. The average Bonchev–Trinajstić information content (AvgIpc) is 3.29. The Kier molecular flexibility index (Phi) is 6.66. The van der Waals surface area contributed by atoms with Crippen molar-refractivity contribution in [1.82, 2.24) is 5.01 Å². The first kappa shape index (κ1) is 24.5. The molecule has 0 spiro atoms. The number of allylic oxidation sites excluding steroid dienone is 1. The lowest BCUT2D eigenvalue weighted by Gasteiger charge is -2.29. The van der Waals surface area contributed by atoms with Crippen LogP contribution in [0.15, 0.2) is 87.9 Å². The molecule has 2 aliphatic rings. The minimum atomic E-state index is -0.514. The number of nitro groups is 2. The van der Waals surface area contributed by atoms with Gasteiger partial charge in [0.25, 0.3) is 17.3 Å². The van der Waals surface area contributed by atoms with Gasteiger partial charge in [0.1, 0.15) is 0 Å². The van der Waals surface area contributed by atoms with E-state index in [0.29, 0.717) is 23.1 Å². The second-order valence-corrected chi connectivity index (χ2v) is 9.87. The van der Waals surface area contributed by atoms with Crippen LogP contribution >= 0.6 is 15.9 Å². The molecule has 0 unspecified atom stereocenters. The van der Waals surface area contributed by atoms with Gasteiger partial charge in [0.05, 0.1) is 21.6 Å². The number of rotatable bonds is 5. The van der Waals surface area contributed by atoms with E-state index in [9.17, 15) is 25.0 Å². The van der Waals surface area contributed by atoms with Crippen LogP contribution in [0, 0.1) is 26.1 Å². The van der Waals surface area contributed by atoms with Gasteiger partial charge in [-0.3, -0.25) is 25.0 Å². The lowest BCUT2D eigenvalue weighted by atomic mass is 9.77. The van der Waals surface area contributed by atoms with Crippen LogP contribution in [-0.2, 0) is 0 Å². The van der Waals surface area contributed by atoms with Gasteiger partial charge < -0.3 is 0 Å². The summed E-state index contributed by atoms with van der Waals surface area (Å²) >= 11 is 3.39. The number of benzene rings is 3. The Morgan fingerprint density at radius 1 is 0.973 bits per heavy atom. The Hall–Kier alpha value is -4.18. The molecule has 1 saturated carbocycles. The van der Waals surface area contributed by atoms with Gasteiger partial charge in [-0.25, -0.2) is 5.01 Å². The molecular weight excluding hydrogens is 540 g/mol. The number of carbonyl (C=O) groups excluding carboxylic acids is 1. The minimum Gasteiger partial charge on any atom is -0.267 e. The van der Waals surface area contributed by atoms with Crippen molar-refractivity contribution >= 4 is 45.0 Å². The minimum absolute atomic E-state index is 0.00316. The predicted molar refractivity (Wildman–Crippen MR) is 142 cm³/mol. The van der Waals surface area contributed by atoms with Crippen molar-refractivity contribution in [3.63, 3.8) is 0 Å². The molecule has 1 heterocycles. The Bertz CT molecular complexity index is 1470. The molecule has 5 rings (SSSR count). The third-order valence-electron chi connectivity index (χ3n) is 6.65. The molecule has 1 aliphatic carbocycles. The number of hydrogen-bond acceptors (Lipinski definition) is 6. The second-order valence-electron chi connectivity index (χ2n) is 8.96. The normalized spacial score (nSPS) is 19.9. The highest BCUT2D eigenvalue weighted by Gasteiger charge is 2.44. The number of carbonyl (C=O) groups is 1. The van der Waals surface area contributed by atoms with Gasteiger partial charge in [-0.2, -0.15) is 5.10 Å². The van der Waals surface area contributed by atoms with Crippen molar-refractivity contribution in [1.29, 1.82) is 0 Å². The van der Waals surface area contributed by atoms with Gasteiger partial charge in [-0.15, -0.1) is 0 Å². The average molecular weight is 561 g/mol. The van der Waals surface area contributed by atoms with E-state index in [0.717, 1.165) is 28.6 Å². The van der Waals surface area contributed by atoms with Crippen LogP contribution in [0.4, 0.5) is 11.4 Å². The highest BCUT2D eigenvalue weighted by atomic mass is 79.9. The number of fused-ring (bicyclic) bond motifs is 1. The van der Waals surface area contributed by atoms with Crippen LogP contribution in [0.25, 0.3) is 6.08 Å². The van der Waals surface area contributed by atoms with E-state index in [2.05, 4.69) is 15.9 Å². The van der Waals surface area contributed by atoms with Crippen LogP contribution in [-0.4, -0.2) is 26.5 Å². The fourth-order valence-corrected chi connectivity index (χ4v) is 5.24. The summed E-state index contributed by atoms with van der Waals surface area (Å²) in [7, 11) is 0. The summed E-state index contributed by atoms with van der Waals surface area (Å²) in [5.74, 6) is -0.472. The quantitative estimate of drug-likeness (QED) is 0.254. The first-order valence-electron chi connectivity index (χ1n) is 11.7. The first-order valence-corrected chi connectivity index (χ1v) is 12.5. The smallest absolute Gasteiger partial charge is 0.267 e. The molecule has 3 aromatic carbocycles. The van der Waals surface area contributed by atoms with E-state index >= 15 is 0 Å². The number of nitro benzene ring substituents is 2. The summed E-state index contributed by atoms with van der Waals surface area (Å²) in [5.41, 5.74) is 3.35. The molecule has 2 atom stereocenters. The molecule has 0 radical (unpaired) electrons. The molecule has 0 N–H and O–H groups in total. The van der Waals surface area contributed by atoms with Gasteiger partial charge in [-0.05, 0) is 66.3 Å². The zero-order chi connectivity index (χ0) is 26.1. The molecular formula is C27H21BrN4O5. The molecule has 0 aromatic heterocycles. The van der Waals surface area contributed by atoms with E-state index in [-0.39, 0.29) is 23.2 Å². The number of nitrogens with zero attached hydrogens (tertiary/aromatic N) is 4. The number of halogens is 1. The lowest BCUT2D eigenvalue weighted by Crippen LogP contribution is -2.32. The topological polar surface area (TPSA) is 119 Å². The summed E-state index contributed by atoms with van der Waals surface area (Å²) < 4.78 is 0.836. The first-order chi connectivity index (χ1) is 17.8. The number of hydrazone groups is 1. The Morgan fingerprint density at radius 2 is 1.65 bits per heavy atom. The number of amides is 1.